The Balaban J connectivity index is 3.04. The van der Waals surface area contributed by atoms with Crippen molar-refractivity contribution in [3.05, 3.63) is 29.3 Å². The first-order valence-electron chi connectivity index (χ1n) is 6.05. The predicted molar refractivity (Wildman–Crippen MR) is 68.8 cm³/mol. The van der Waals surface area contributed by atoms with Crippen LogP contribution in [-0.4, -0.2) is 5.91 Å². The lowest BCUT2D eigenvalue weighted by Gasteiger charge is -2.16. The third-order valence-corrected chi connectivity index (χ3v) is 2.91. The average molecular weight is 284 g/mol. The van der Waals surface area contributed by atoms with Crippen molar-refractivity contribution in [1.29, 1.82) is 5.26 Å². The van der Waals surface area contributed by atoms with Crippen LogP contribution < -0.4 is 5.32 Å². The van der Waals surface area contributed by atoms with Gasteiger partial charge >= 0.3 is 6.18 Å². The first-order valence-corrected chi connectivity index (χ1v) is 6.05. The van der Waals surface area contributed by atoms with Crippen LogP contribution in [0.3, 0.4) is 0 Å². The van der Waals surface area contributed by atoms with Crippen molar-refractivity contribution in [2.75, 3.05) is 5.32 Å². The fourth-order valence-corrected chi connectivity index (χ4v) is 1.65. The van der Waals surface area contributed by atoms with Crippen molar-refractivity contribution in [2.45, 2.75) is 26.9 Å². The molecule has 0 aliphatic rings. The number of carbonyl (C=O) groups excluding carboxylic acids is 1. The van der Waals surface area contributed by atoms with Gasteiger partial charge in [-0.25, -0.2) is 0 Å². The number of hydrogen-bond acceptors (Lipinski definition) is 2. The number of alkyl halides is 3. The summed E-state index contributed by atoms with van der Waals surface area (Å²) < 4.78 is 37.9. The van der Waals surface area contributed by atoms with E-state index in [9.17, 15) is 18.0 Å². The maximum Gasteiger partial charge on any atom is 0.416 e. The summed E-state index contributed by atoms with van der Waals surface area (Å²) in [7, 11) is 0. The number of hydrogen-bond donors (Lipinski definition) is 1. The predicted octanol–water partition coefficient (Wildman–Crippen LogP) is 3.75. The van der Waals surface area contributed by atoms with Crippen LogP contribution in [-0.2, 0) is 11.0 Å². The maximum absolute atomic E-state index is 12.6. The molecule has 0 aliphatic carbocycles. The van der Waals surface area contributed by atoms with E-state index in [0.717, 1.165) is 12.1 Å². The van der Waals surface area contributed by atoms with Gasteiger partial charge in [-0.2, -0.15) is 18.4 Å². The molecule has 0 spiro atoms. The zero-order chi connectivity index (χ0) is 15.5. The maximum atomic E-state index is 12.6. The molecule has 6 heteroatoms. The van der Waals surface area contributed by atoms with Crippen LogP contribution in [0.25, 0.3) is 0 Å². The minimum atomic E-state index is -4.47. The average Bonchev–Trinajstić information content (AvgIpc) is 2.30. The number of aryl methyl sites for hydroxylation is 1. The first-order chi connectivity index (χ1) is 9.16. The Labute approximate surface area is 115 Å². The molecule has 1 N–H and O–H groups in total. The lowest BCUT2D eigenvalue weighted by Crippen LogP contribution is -2.26. The van der Waals surface area contributed by atoms with Crippen molar-refractivity contribution >= 4 is 11.6 Å². The zero-order valence-corrected chi connectivity index (χ0v) is 11.4. The van der Waals surface area contributed by atoms with Gasteiger partial charge < -0.3 is 5.32 Å². The number of carbonyl (C=O) groups is 1. The van der Waals surface area contributed by atoms with Crippen molar-refractivity contribution in [3.8, 4) is 6.07 Å². The van der Waals surface area contributed by atoms with Crippen molar-refractivity contribution in [2.24, 2.45) is 11.8 Å². The number of anilines is 1. The number of nitrogens with one attached hydrogen (secondary N) is 1. The van der Waals surface area contributed by atoms with Crippen LogP contribution in [0.5, 0.6) is 0 Å². The quantitative estimate of drug-likeness (QED) is 0.919. The minimum Gasteiger partial charge on any atom is -0.325 e. The van der Waals surface area contributed by atoms with E-state index in [1.165, 1.54) is 6.07 Å². The molecule has 1 unspecified atom stereocenters. The van der Waals surface area contributed by atoms with Gasteiger partial charge in [0.05, 0.1) is 11.6 Å². The molecule has 0 radical (unpaired) electrons. The number of benzene rings is 1. The molecule has 1 atom stereocenters. The van der Waals surface area contributed by atoms with Gasteiger partial charge in [0, 0.05) is 5.69 Å². The van der Waals surface area contributed by atoms with Gasteiger partial charge in [-0.1, -0.05) is 19.9 Å². The molecular formula is C14H15F3N2O. The highest BCUT2D eigenvalue weighted by Crippen LogP contribution is 2.32. The van der Waals surface area contributed by atoms with Gasteiger partial charge in [-0.3, -0.25) is 4.79 Å². The summed E-state index contributed by atoms with van der Waals surface area (Å²) in [6, 6.07) is 4.97. The lowest BCUT2D eigenvalue weighted by atomic mass is 9.96. The standard InChI is InChI=1S/C14H15F3N2O/c1-8(2)11(7-18)13(20)19-12-6-10(14(15,16)17)5-4-9(12)3/h4-6,8,11H,1-3H3,(H,19,20). The molecule has 108 valence electrons. The summed E-state index contributed by atoms with van der Waals surface area (Å²) >= 11 is 0. The minimum absolute atomic E-state index is 0.0747. The highest BCUT2D eigenvalue weighted by Gasteiger charge is 2.31. The van der Waals surface area contributed by atoms with Gasteiger partial charge in [0.15, 0.2) is 0 Å². The molecule has 0 fully saturated rings. The Kier molecular flexibility index (Phi) is 4.77. The van der Waals surface area contributed by atoms with E-state index in [-0.39, 0.29) is 11.6 Å². The Morgan fingerprint density at radius 2 is 1.95 bits per heavy atom. The molecule has 0 heterocycles. The van der Waals surface area contributed by atoms with Crippen LogP contribution in [0.4, 0.5) is 18.9 Å². The largest absolute Gasteiger partial charge is 0.416 e. The van der Waals surface area contributed by atoms with E-state index >= 15 is 0 Å². The third kappa shape index (κ3) is 3.73. The third-order valence-electron chi connectivity index (χ3n) is 2.91. The van der Waals surface area contributed by atoms with Crippen LogP contribution in [0.1, 0.15) is 25.0 Å². The molecule has 0 saturated carbocycles. The molecule has 0 aromatic heterocycles. The van der Waals surface area contributed by atoms with Crippen LogP contribution in [0.15, 0.2) is 18.2 Å². The SMILES string of the molecule is Cc1ccc(C(F)(F)F)cc1NC(=O)C(C#N)C(C)C. The summed E-state index contributed by atoms with van der Waals surface area (Å²) in [6.07, 6.45) is -4.47. The fourth-order valence-electron chi connectivity index (χ4n) is 1.65. The highest BCUT2D eigenvalue weighted by molar-refractivity contribution is 5.95. The Morgan fingerprint density at radius 1 is 1.35 bits per heavy atom. The van der Waals surface area contributed by atoms with E-state index in [1.54, 1.807) is 20.8 Å². The molecule has 1 aromatic carbocycles. The first kappa shape index (κ1) is 16.0. The normalized spacial score (nSPS) is 12.9. The Morgan fingerprint density at radius 3 is 2.40 bits per heavy atom. The van der Waals surface area contributed by atoms with Gasteiger partial charge in [0.1, 0.15) is 5.92 Å². The lowest BCUT2D eigenvalue weighted by molar-refractivity contribution is -0.137. The molecule has 1 amide bonds. The summed E-state index contributed by atoms with van der Waals surface area (Å²) in [5.41, 5.74) is -0.256. The molecule has 20 heavy (non-hydrogen) atoms. The van der Waals surface area contributed by atoms with E-state index in [0.29, 0.717) is 5.56 Å². The summed E-state index contributed by atoms with van der Waals surface area (Å²) in [5.74, 6) is -1.71. The fraction of sp³-hybridized carbons (Fsp3) is 0.429. The summed E-state index contributed by atoms with van der Waals surface area (Å²) in [6.45, 7) is 4.99. The monoisotopic (exact) mass is 284 g/mol. The van der Waals surface area contributed by atoms with Crippen LogP contribution >= 0.6 is 0 Å². The number of halogens is 3. The molecule has 1 aromatic rings. The van der Waals surface area contributed by atoms with E-state index in [2.05, 4.69) is 5.32 Å². The molecule has 0 aliphatic heterocycles. The smallest absolute Gasteiger partial charge is 0.325 e. The number of nitrogens with zero attached hydrogens (tertiary/aromatic N) is 1. The zero-order valence-electron chi connectivity index (χ0n) is 11.4. The second-order valence-corrected chi connectivity index (χ2v) is 4.87. The molecular weight excluding hydrogens is 269 g/mol. The van der Waals surface area contributed by atoms with E-state index in [4.69, 9.17) is 5.26 Å². The Hall–Kier alpha value is -2.03. The second kappa shape index (κ2) is 5.95. The van der Waals surface area contributed by atoms with Gasteiger partial charge in [-0.05, 0) is 30.5 Å². The van der Waals surface area contributed by atoms with Crippen molar-refractivity contribution in [3.63, 3.8) is 0 Å². The van der Waals surface area contributed by atoms with Crippen molar-refractivity contribution in [1.82, 2.24) is 0 Å². The van der Waals surface area contributed by atoms with Crippen molar-refractivity contribution < 1.29 is 18.0 Å². The van der Waals surface area contributed by atoms with Gasteiger partial charge in [0.2, 0.25) is 5.91 Å². The Bertz CT molecular complexity index is 544. The molecule has 3 nitrogen and oxygen atoms in total. The van der Waals surface area contributed by atoms with Gasteiger partial charge in [0.25, 0.3) is 0 Å². The van der Waals surface area contributed by atoms with Gasteiger partial charge in [-0.15, -0.1) is 0 Å². The second-order valence-electron chi connectivity index (χ2n) is 4.87. The molecule has 0 saturated heterocycles. The molecule has 0 bridgehead atoms. The van der Waals surface area contributed by atoms with Crippen LogP contribution in [0.2, 0.25) is 0 Å². The highest BCUT2D eigenvalue weighted by atomic mass is 19.4. The topological polar surface area (TPSA) is 52.9 Å². The number of nitriles is 1. The summed E-state index contributed by atoms with van der Waals surface area (Å²) in [4.78, 5) is 11.9. The number of rotatable bonds is 3. The molecule has 1 rings (SSSR count). The number of amides is 1. The summed E-state index contributed by atoms with van der Waals surface area (Å²) in [5, 5.41) is 11.3. The van der Waals surface area contributed by atoms with E-state index < -0.39 is 23.6 Å². The van der Waals surface area contributed by atoms with E-state index in [1.807, 2.05) is 6.07 Å². The van der Waals surface area contributed by atoms with Crippen LogP contribution in [0, 0.1) is 30.1 Å².